The Hall–Kier alpha value is -1.61. The summed E-state index contributed by atoms with van der Waals surface area (Å²) in [4.78, 5) is 4.50. The Morgan fingerprint density at radius 3 is 3.06 bits per heavy atom. The fourth-order valence-corrected chi connectivity index (χ4v) is 2.44. The normalized spacial score (nSPS) is 14.7. The molecule has 3 heteroatoms. The van der Waals surface area contributed by atoms with Crippen LogP contribution in [0.5, 0.6) is 0 Å². The summed E-state index contributed by atoms with van der Waals surface area (Å²) in [6.07, 6.45) is 3.02. The predicted octanol–water partition coefficient (Wildman–Crippen LogP) is 2.13. The van der Waals surface area contributed by atoms with Crippen molar-refractivity contribution in [3.8, 4) is 5.69 Å². The van der Waals surface area contributed by atoms with Gasteiger partial charge >= 0.3 is 0 Å². The number of rotatable bonds is 1. The fourth-order valence-electron chi connectivity index (χ4n) is 2.44. The standard InChI is InChI=1S/C14H17N3/c1-10-4-3-5-13(11(10)2)17-9-16-12-8-15-7-6-14(12)17/h3-5,9,15H,6-8H2,1-2H3. The van der Waals surface area contributed by atoms with Crippen molar-refractivity contribution < 1.29 is 0 Å². The van der Waals surface area contributed by atoms with Gasteiger partial charge in [-0.1, -0.05) is 12.1 Å². The van der Waals surface area contributed by atoms with E-state index < -0.39 is 0 Å². The molecule has 0 fully saturated rings. The lowest BCUT2D eigenvalue weighted by Crippen LogP contribution is -2.24. The Bertz CT molecular complexity index is 555. The number of nitrogens with zero attached hydrogens (tertiary/aromatic N) is 2. The van der Waals surface area contributed by atoms with Gasteiger partial charge in [-0.3, -0.25) is 0 Å². The minimum atomic E-state index is 0.896. The van der Waals surface area contributed by atoms with Gasteiger partial charge in [0, 0.05) is 30.9 Å². The maximum absolute atomic E-state index is 4.50. The first kappa shape index (κ1) is 10.5. The van der Waals surface area contributed by atoms with Gasteiger partial charge in [-0.2, -0.15) is 0 Å². The molecule has 88 valence electrons. The van der Waals surface area contributed by atoms with E-state index in [0.717, 1.165) is 19.5 Å². The second kappa shape index (κ2) is 4.00. The van der Waals surface area contributed by atoms with Crippen molar-refractivity contribution in [2.24, 2.45) is 0 Å². The van der Waals surface area contributed by atoms with E-state index in [1.54, 1.807) is 0 Å². The lowest BCUT2D eigenvalue weighted by Gasteiger charge is -2.17. The lowest BCUT2D eigenvalue weighted by molar-refractivity contribution is 0.620. The summed E-state index contributed by atoms with van der Waals surface area (Å²) in [5.41, 5.74) is 6.49. The molecule has 1 aromatic heterocycles. The highest BCUT2D eigenvalue weighted by Gasteiger charge is 2.16. The Morgan fingerprint density at radius 1 is 1.29 bits per heavy atom. The van der Waals surface area contributed by atoms with Crippen LogP contribution < -0.4 is 5.32 Å². The molecule has 1 aliphatic rings. The van der Waals surface area contributed by atoms with Crippen LogP contribution in [0.15, 0.2) is 24.5 Å². The van der Waals surface area contributed by atoms with Crippen molar-refractivity contribution in [2.45, 2.75) is 26.8 Å². The molecule has 2 heterocycles. The molecule has 0 atom stereocenters. The first-order valence-electron chi connectivity index (χ1n) is 6.10. The highest BCUT2D eigenvalue weighted by Crippen LogP contribution is 2.22. The summed E-state index contributed by atoms with van der Waals surface area (Å²) in [6.45, 7) is 6.28. The van der Waals surface area contributed by atoms with Gasteiger partial charge in [-0.25, -0.2) is 4.98 Å². The van der Waals surface area contributed by atoms with E-state index >= 15 is 0 Å². The monoisotopic (exact) mass is 227 g/mol. The summed E-state index contributed by atoms with van der Waals surface area (Å²) in [5, 5.41) is 3.36. The largest absolute Gasteiger partial charge is 0.311 e. The van der Waals surface area contributed by atoms with Gasteiger partial charge in [0.15, 0.2) is 0 Å². The number of hydrogen-bond acceptors (Lipinski definition) is 2. The molecule has 0 unspecified atom stereocenters. The number of benzene rings is 1. The van der Waals surface area contributed by atoms with Gasteiger partial charge in [-0.15, -0.1) is 0 Å². The van der Waals surface area contributed by atoms with E-state index in [1.165, 1.54) is 28.2 Å². The maximum Gasteiger partial charge on any atom is 0.0998 e. The third kappa shape index (κ3) is 1.67. The number of nitrogens with one attached hydrogen (secondary N) is 1. The molecule has 0 amide bonds. The number of aromatic nitrogens is 2. The fraction of sp³-hybridized carbons (Fsp3) is 0.357. The Kier molecular flexibility index (Phi) is 2.48. The van der Waals surface area contributed by atoms with Crippen LogP contribution in [0.3, 0.4) is 0 Å². The van der Waals surface area contributed by atoms with E-state index in [2.05, 4.69) is 46.9 Å². The third-order valence-electron chi connectivity index (χ3n) is 3.62. The lowest BCUT2D eigenvalue weighted by atomic mass is 10.1. The summed E-state index contributed by atoms with van der Waals surface area (Å²) in [7, 11) is 0. The average Bonchev–Trinajstić information content (AvgIpc) is 2.77. The van der Waals surface area contributed by atoms with E-state index in [0.29, 0.717) is 0 Å². The zero-order chi connectivity index (χ0) is 11.8. The van der Waals surface area contributed by atoms with Crippen LogP contribution in [-0.4, -0.2) is 16.1 Å². The second-order valence-corrected chi connectivity index (χ2v) is 4.65. The van der Waals surface area contributed by atoms with Crippen molar-refractivity contribution in [2.75, 3.05) is 6.54 Å². The summed E-state index contributed by atoms with van der Waals surface area (Å²) in [6, 6.07) is 6.45. The number of hydrogen-bond donors (Lipinski definition) is 1. The predicted molar refractivity (Wildman–Crippen MR) is 68.4 cm³/mol. The second-order valence-electron chi connectivity index (χ2n) is 4.65. The van der Waals surface area contributed by atoms with Crippen LogP contribution >= 0.6 is 0 Å². The van der Waals surface area contributed by atoms with Crippen molar-refractivity contribution >= 4 is 0 Å². The molecule has 0 radical (unpaired) electrons. The van der Waals surface area contributed by atoms with Crippen LogP contribution in [0.1, 0.15) is 22.5 Å². The quantitative estimate of drug-likeness (QED) is 0.809. The third-order valence-corrected chi connectivity index (χ3v) is 3.62. The molecule has 1 aliphatic heterocycles. The molecule has 3 nitrogen and oxygen atoms in total. The van der Waals surface area contributed by atoms with Gasteiger partial charge < -0.3 is 9.88 Å². The van der Waals surface area contributed by atoms with Crippen LogP contribution in [0, 0.1) is 13.8 Å². The van der Waals surface area contributed by atoms with Crippen LogP contribution in [-0.2, 0) is 13.0 Å². The number of fused-ring (bicyclic) bond motifs is 1. The van der Waals surface area contributed by atoms with E-state index in [4.69, 9.17) is 0 Å². The first-order chi connectivity index (χ1) is 8.27. The molecule has 1 N–H and O–H groups in total. The van der Waals surface area contributed by atoms with Crippen molar-refractivity contribution in [3.63, 3.8) is 0 Å². The molecular weight excluding hydrogens is 210 g/mol. The van der Waals surface area contributed by atoms with Gasteiger partial charge in [0.25, 0.3) is 0 Å². The van der Waals surface area contributed by atoms with Gasteiger partial charge in [0.1, 0.15) is 0 Å². The summed E-state index contributed by atoms with van der Waals surface area (Å²) < 4.78 is 2.25. The Balaban J connectivity index is 2.15. The molecule has 3 rings (SSSR count). The van der Waals surface area contributed by atoms with Crippen LogP contribution in [0.2, 0.25) is 0 Å². The van der Waals surface area contributed by atoms with E-state index in [1.807, 2.05) is 6.33 Å². The van der Waals surface area contributed by atoms with Crippen molar-refractivity contribution in [1.82, 2.24) is 14.9 Å². The smallest absolute Gasteiger partial charge is 0.0998 e. The number of aryl methyl sites for hydroxylation is 1. The molecule has 0 aliphatic carbocycles. The van der Waals surface area contributed by atoms with Gasteiger partial charge in [0.05, 0.1) is 12.0 Å². The highest BCUT2D eigenvalue weighted by molar-refractivity contribution is 5.46. The van der Waals surface area contributed by atoms with Gasteiger partial charge in [0.2, 0.25) is 0 Å². The minimum Gasteiger partial charge on any atom is -0.311 e. The van der Waals surface area contributed by atoms with Gasteiger partial charge in [-0.05, 0) is 31.0 Å². The molecular formula is C14H17N3. The Labute approximate surface area is 101 Å². The SMILES string of the molecule is Cc1cccc(-n2cnc3c2CCNC3)c1C. The maximum atomic E-state index is 4.50. The molecule has 0 bridgehead atoms. The van der Waals surface area contributed by atoms with Crippen LogP contribution in [0.25, 0.3) is 5.69 Å². The molecule has 2 aromatic rings. The highest BCUT2D eigenvalue weighted by atomic mass is 15.1. The zero-order valence-corrected chi connectivity index (χ0v) is 10.3. The van der Waals surface area contributed by atoms with Crippen molar-refractivity contribution in [1.29, 1.82) is 0 Å². The average molecular weight is 227 g/mol. The molecule has 1 aromatic carbocycles. The molecule has 0 spiro atoms. The molecule has 17 heavy (non-hydrogen) atoms. The van der Waals surface area contributed by atoms with Crippen LogP contribution in [0.4, 0.5) is 0 Å². The van der Waals surface area contributed by atoms with E-state index in [9.17, 15) is 0 Å². The topological polar surface area (TPSA) is 29.9 Å². The molecule has 0 saturated carbocycles. The first-order valence-corrected chi connectivity index (χ1v) is 6.10. The Morgan fingerprint density at radius 2 is 2.18 bits per heavy atom. The van der Waals surface area contributed by atoms with E-state index in [-0.39, 0.29) is 0 Å². The minimum absolute atomic E-state index is 0.896. The summed E-state index contributed by atoms with van der Waals surface area (Å²) in [5.74, 6) is 0. The zero-order valence-electron chi connectivity index (χ0n) is 10.3. The van der Waals surface area contributed by atoms with Crippen molar-refractivity contribution in [3.05, 3.63) is 47.0 Å². The number of imidazole rings is 1. The summed E-state index contributed by atoms with van der Waals surface area (Å²) >= 11 is 0. The molecule has 0 saturated heterocycles.